The van der Waals surface area contributed by atoms with Crippen molar-refractivity contribution in [3.05, 3.63) is 11.9 Å². The highest BCUT2D eigenvalue weighted by molar-refractivity contribution is 5.40. The van der Waals surface area contributed by atoms with Crippen molar-refractivity contribution in [1.29, 1.82) is 0 Å². The first-order chi connectivity index (χ1) is 7.27. The number of aromatic nitrogens is 2. The molecule has 15 heavy (non-hydrogen) atoms. The summed E-state index contributed by atoms with van der Waals surface area (Å²) in [6.07, 6.45) is 2.68. The molecule has 1 aromatic rings. The number of ether oxygens (including phenoxy) is 1. The standard InChI is InChI=1S/C10H18N4O/c1-13-10(9(11)8-12-13)2-3-14-4-6-15-7-5-14/h8H,2-7,11H2,1H3. The lowest BCUT2D eigenvalue weighted by Crippen LogP contribution is -2.37. The van der Waals surface area contributed by atoms with E-state index in [1.165, 1.54) is 0 Å². The van der Waals surface area contributed by atoms with Gasteiger partial charge in [-0.2, -0.15) is 5.10 Å². The summed E-state index contributed by atoms with van der Waals surface area (Å²) in [7, 11) is 1.94. The summed E-state index contributed by atoms with van der Waals surface area (Å²) in [6.45, 7) is 4.78. The Morgan fingerprint density at radius 2 is 2.20 bits per heavy atom. The zero-order chi connectivity index (χ0) is 10.7. The Morgan fingerprint density at radius 1 is 1.47 bits per heavy atom. The molecule has 1 fully saturated rings. The Labute approximate surface area is 89.8 Å². The molecule has 2 rings (SSSR count). The van der Waals surface area contributed by atoms with Gasteiger partial charge in [0, 0.05) is 33.1 Å². The average Bonchev–Trinajstić information content (AvgIpc) is 2.58. The van der Waals surface area contributed by atoms with Crippen molar-refractivity contribution in [2.75, 3.05) is 38.6 Å². The van der Waals surface area contributed by atoms with Gasteiger partial charge in [-0.3, -0.25) is 9.58 Å². The number of rotatable bonds is 3. The van der Waals surface area contributed by atoms with Gasteiger partial charge in [-0.1, -0.05) is 0 Å². The van der Waals surface area contributed by atoms with Gasteiger partial charge < -0.3 is 10.5 Å². The third-order valence-corrected chi connectivity index (χ3v) is 2.86. The van der Waals surface area contributed by atoms with Gasteiger partial charge in [0.1, 0.15) is 0 Å². The number of nitrogen functional groups attached to an aromatic ring is 1. The highest BCUT2D eigenvalue weighted by Gasteiger charge is 2.12. The fraction of sp³-hybridized carbons (Fsp3) is 0.700. The number of nitrogens with two attached hydrogens (primary N) is 1. The van der Waals surface area contributed by atoms with Crippen LogP contribution < -0.4 is 5.73 Å². The Morgan fingerprint density at radius 3 is 2.80 bits per heavy atom. The van der Waals surface area contributed by atoms with Crippen molar-refractivity contribution >= 4 is 5.69 Å². The number of hydrogen-bond donors (Lipinski definition) is 1. The molecule has 2 N–H and O–H groups in total. The molecule has 0 aromatic carbocycles. The van der Waals surface area contributed by atoms with Crippen LogP contribution in [0.25, 0.3) is 0 Å². The molecule has 0 radical (unpaired) electrons. The van der Waals surface area contributed by atoms with E-state index < -0.39 is 0 Å². The summed E-state index contributed by atoms with van der Waals surface area (Å²) in [6, 6.07) is 0. The van der Waals surface area contributed by atoms with E-state index >= 15 is 0 Å². The Hall–Kier alpha value is -1.07. The second-order valence-electron chi connectivity index (χ2n) is 3.87. The van der Waals surface area contributed by atoms with Gasteiger partial charge in [0.2, 0.25) is 0 Å². The van der Waals surface area contributed by atoms with Crippen molar-refractivity contribution in [3.63, 3.8) is 0 Å². The van der Waals surface area contributed by atoms with Gasteiger partial charge >= 0.3 is 0 Å². The van der Waals surface area contributed by atoms with Crippen LogP contribution in [0.1, 0.15) is 5.69 Å². The molecule has 1 aliphatic rings. The fourth-order valence-corrected chi connectivity index (χ4v) is 1.87. The van der Waals surface area contributed by atoms with E-state index in [-0.39, 0.29) is 0 Å². The third kappa shape index (κ3) is 2.49. The lowest BCUT2D eigenvalue weighted by Gasteiger charge is -2.26. The van der Waals surface area contributed by atoms with Crippen LogP contribution in [0, 0.1) is 0 Å². The molecular formula is C10H18N4O. The van der Waals surface area contributed by atoms with Gasteiger partial charge in [0.05, 0.1) is 30.8 Å². The molecule has 1 aliphatic heterocycles. The average molecular weight is 210 g/mol. The third-order valence-electron chi connectivity index (χ3n) is 2.86. The molecule has 0 unspecified atom stereocenters. The summed E-state index contributed by atoms with van der Waals surface area (Å²) in [5, 5.41) is 4.13. The highest BCUT2D eigenvalue weighted by atomic mass is 16.5. The first-order valence-electron chi connectivity index (χ1n) is 5.34. The predicted octanol–water partition coefficient (Wildman–Crippen LogP) is -0.123. The molecule has 0 aliphatic carbocycles. The number of nitrogens with zero attached hydrogens (tertiary/aromatic N) is 3. The Balaban J connectivity index is 1.87. The molecule has 0 amide bonds. The van der Waals surface area contributed by atoms with Crippen LogP contribution in [0.3, 0.4) is 0 Å². The van der Waals surface area contributed by atoms with Crippen LogP contribution in [0.15, 0.2) is 6.20 Å². The molecule has 0 saturated carbocycles. The topological polar surface area (TPSA) is 56.3 Å². The van der Waals surface area contributed by atoms with Crippen molar-refractivity contribution in [2.45, 2.75) is 6.42 Å². The summed E-state index contributed by atoms with van der Waals surface area (Å²) < 4.78 is 7.16. The smallest absolute Gasteiger partial charge is 0.0733 e. The normalized spacial score (nSPS) is 18.2. The van der Waals surface area contributed by atoms with Crippen LogP contribution in [-0.4, -0.2) is 47.5 Å². The zero-order valence-corrected chi connectivity index (χ0v) is 9.15. The van der Waals surface area contributed by atoms with Crippen LogP contribution in [0.5, 0.6) is 0 Å². The molecule has 5 nitrogen and oxygen atoms in total. The Bertz CT molecular complexity index is 298. The summed E-state index contributed by atoms with van der Waals surface area (Å²) in [4.78, 5) is 2.40. The maximum absolute atomic E-state index is 5.83. The molecule has 2 heterocycles. The highest BCUT2D eigenvalue weighted by Crippen LogP contribution is 2.10. The largest absolute Gasteiger partial charge is 0.396 e. The SMILES string of the molecule is Cn1ncc(N)c1CCN1CCOCC1. The number of aryl methyl sites for hydroxylation is 1. The molecule has 1 saturated heterocycles. The van der Waals surface area contributed by atoms with E-state index in [0.29, 0.717) is 0 Å². The number of hydrogen-bond acceptors (Lipinski definition) is 4. The fourth-order valence-electron chi connectivity index (χ4n) is 1.87. The van der Waals surface area contributed by atoms with Crippen molar-refractivity contribution < 1.29 is 4.74 Å². The van der Waals surface area contributed by atoms with E-state index in [1.54, 1.807) is 6.20 Å². The molecule has 84 valence electrons. The maximum atomic E-state index is 5.83. The molecule has 1 aromatic heterocycles. The van der Waals surface area contributed by atoms with Gasteiger partial charge in [0.15, 0.2) is 0 Å². The summed E-state index contributed by atoms with van der Waals surface area (Å²) >= 11 is 0. The second kappa shape index (κ2) is 4.63. The molecule has 5 heteroatoms. The predicted molar refractivity (Wildman–Crippen MR) is 58.6 cm³/mol. The summed E-state index contributed by atoms with van der Waals surface area (Å²) in [5.41, 5.74) is 7.75. The zero-order valence-electron chi connectivity index (χ0n) is 9.15. The number of anilines is 1. The van der Waals surface area contributed by atoms with Crippen LogP contribution >= 0.6 is 0 Å². The van der Waals surface area contributed by atoms with Gasteiger partial charge in [-0.25, -0.2) is 0 Å². The van der Waals surface area contributed by atoms with E-state index in [1.807, 2.05) is 11.7 Å². The first-order valence-corrected chi connectivity index (χ1v) is 5.34. The summed E-state index contributed by atoms with van der Waals surface area (Å²) in [5.74, 6) is 0. The quantitative estimate of drug-likeness (QED) is 0.755. The van der Waals surface area contributed by atoms with Gasteiger partial charge in [-0.05, 0) is 0 Å². The number of morpholine rings is 1. The van der Waals surface area contributed by atoms with Gasteiger partial charge in [-0.15, -0.1) is 0 Å². The molecule has 0 atom stereocenters. The van der Waals surface area contributed by atoms with E-state index in [4.69, 9.17) is 10.5 Å². The van der Waals surface area contributed by atoms with Crippen molar-refractivity contribution in [1.82, 2.24) is 14.7 Å². The Kier molecular flexibility index (Phi) is 3.23. The minimum atomic E-state index is 0.797. The van der Waals surface area contributed by atoms with Crippen molar-refractivity contribution in [2.24, 2.45) is 7.05 Å². The van der Waals surface area contributed by atoms with E-state index in [0.717, 1.165) is 50.7 Å². The van der Waals surface area contributed by atoms with E-state index in [9.17, 15) is 0 Å². The second-order valence-corrected chi connectivity index (χ2v) is 3.87. The molecular weight excluding hydrogens is 192 g/mol. The van der Waals surface area contributed by atoms with Crippen LogP contribution in [0.2, 0.25) is 0 Å². The minimum absolute atomic E-state index is 0.797. The molecule has 0 spiro atoms. The van der Waals surface area contributed by atoms with E-state index in [2.05, 4.69) is 10.00 Å². The van der Waals surface area contributed by atoms with Crippen LogP contribution in [-0.2, 0) is 18.2 Å². The first kappa shape index (κ1) is 10.4. The van der Waals surface area contributed by atoms with Crippen LogP contribution in [0.4, 0.5) is 5.69 Å². The monoisotopic (exact) mass is 210 g/mol. The lowest BCUT2D eigenvalue weighted by atomic mass is 10.2. The maximum Gasteiger partial charge on any atom is 0.0733 e. The molecule has 0 bridgehead atoms. The van der Waals surface area contributed by atoms with Crippen molar-refractivity contribution in [3.8, 4) is 0 Å². The van der Waals surface area contributed by atoms with Gasteiger partial charge in [0.25, 0.3) is 0 Å². The lowest BCUT2D eigenvalue weighted by molar-refractivity contribution is 0.0382. The minimum Gasteiger partial charge on any atom is -0.396 e.